The van der Waals surface area contributed by atoms with E-state index in [4.69, 9.17) is 0 Å². The molecule has 2 atom stereocenters. The van der Waals surface area contributed by atoms with Crippen molar-refractivity contribution in [2.45, 2.75) is 143 Å². The van der Waals surface area contributed by atoms with Crippen LogP contribution in [0.4, 0.5) is 0 Å². The van der Waals surface area contributed by atoms with Gasteiger partial charge in [-0.05, 0) is 11.8 Å². The Morgan fingerprint density at radius 2 is 0.750 bits per heavy atom. The van der Waals surface area contributed by atoms with E-state index in [9.17, 15) is 0 Å². The summed E-state index contributed by atoms with van der Waals surface area (Å²) in [5, 5.41) is 0. The van der Waals surface area contributed by atoms with Gasteiger partial charge in [0.1, 0.15) is 0 Å². The Hall–Kier alpha value is 0. The van der Waals surface area contributed by atoms with Gasteiger partial charge in [0.25, 0.3) is 0 Å². The van der Waals surface area contributed by atoms with E-state index in [0.29, 0.717) is 0 Å². The Bertz CT molecular complexity index is 220. The van der Waals surface area contributed by atoms with Gasteiger partial charge >= 0.3 is 0 Å². The predicted molar refractivity (Wildman–Crippen MR) is 113 cm³/mol. The number of hydrogen-bond donors (Lipinski definition) is 0. The van der Waals surface area contributed by atoms with Crippen molar-refractivity contribution < 1.29 is 0 Å². The van der Waals surface area contributed by atoms with E-state index in [-0.39, 0.29) is 0 Å². The van der Waals surface area contributed by atoms with E-state index in [0.717, 1.165) is 11.8 Å². The molecule has 0 amide bonds. The summed E-state index contributed by atoms with van der Waals surface area (Å²) in [7, 11) is 0. The van der Waals surface area contributed by atoms with Crippen molar-refractivity contribution in [1.82, 2.24) is 0 Å². The van der Waals surface area contributed by atoms with Gasteiger partial charge in [0, 0.05) is 0 Å². The molecule has 0 aromatic rings. The molecule has 0 rings (SSSR count). The zero-order valence-electron chi connectivity index (χ0n) is 17.9. The first-order valence-corrected chi connectivity index (χ1v) is 11.7. The van der Waals surface area contributed by atoms with Crippen molar-refractivity contribution in [3.8, 4) is 0 Å². The molecule has 0 spiro atoms. The molecular formula is C24H50. The molecule has 0 bridgehead atoms. The van der Waals surface area contributed by atoms with Crippen LogP contribution in [0.15, 0.2) is 0 Å². The monoisotopic (exact) mass is 338 g/mol. The van der Waals surface area contributed by atoms with E-state index >= 15 is 0 Å². The third kappa shape index (κ3) is 16.8. The van der Waals surface area contributed by atoms with Crippen molar-refractivity contribution in [3.63, 3.8) is 0 Å². The summed E-state index contributed by atoms with van der Waals surface area (Å²) in [5.74, 6) is 1.85. The van der Waals surface area contributed by atoms with Crippen LogP contribution in [0.2, 0.25) is 0 Å². The summed E-state index contributed by atoms with van der Waals surface area (Å²) in [4.78, 5) is 0. The molecule has 0 aliphatic rings. The Morgan fingerprint density at radius 3 is 1.08 bits per heavy atom. The van der Waals surface area contributed by atoms with Crippen LogP contribution >= 0.6 is 0 Å². The van der Waals surface area contributed by atoms with Gasteiger partial charge in [0.15, 0.2) is 0 Å². The fourth-order valence-corrected chi connectivity index (χ4v) is 3.70. The van der Waals surface area contributed by atoms with Gasteiger partial charge in [0.05, 0.1) is 0 Å². The molecule has 0 heterocycles. The fraction of sp³-hybridized carbons (Fsp3) is 1.00. The molecule has 0 fully saturated rings. The molecule has 24 heavy (non-hydrogen) atoms. The lowest BCUT2D eigenvalue weighted by Gasteiger charge is -2.17. The van der Waals surface area contributed by atoms with Crippen LogP contribution in [0.1, 0.15) is 143 Å². The lowest BCUT2D eigenvalue weighted by Crippen LogP contribution is -2.06. The summed E-state index contributed by atoms with van der Waals surface area (Å²) in [6.07, 6.45) is 26.3. The quantitative estimate of drug-likeness (QED) is 0.206. The first-order valence-electron chi connectivity index (χ1n) is 11.7. The molecule has 0 aromatic carbocycles. The van der Waals surface area contributed by atoms with Crippen LogP contribution in [-0.2, 0) is 0 Å². The van der Waals surface area contributed by atoms with Crippen molar-refractivity contribution in [2.24, 2.45) is 11.8 Å². The minimum Gasteiger partial charge on any atom is -0.0654 e. The SMILES string of the molecule is CCCCCCCCCCCCCCCCCCC(C)C(C)CC. The average Bonchev–Trinajstić information content (AvgIpc) is 2.60. The van der Waals surface area contributed by atoms with Crippen molar-refractivity contribution in [3.05, 3.63) is 0 Å². The number of hydrogen-bond acceptors (Lipinski definition) is 0. The number of rotatable bonds is 19. The molecule has 0 radical (unpaired) electrons. The van der Waals surface area contributed by atoms with Crippen LogP contribution < -0.4 is 0 Å². The highest BCUT2D eigenvalue weighted by atomic mass is 14.1. The van der Waals surface area contributed by atoms with E-state index in [1.165, 1.54) is 116 Å². The molecule has 0 aliphatic carbocycles. The molecule has 0 nitrogen and oxygen atoms in total. The van der Waals surface area contributed by atoms with E-state index < -0.39 is 0 Å². The average molecular weight is 339 g/mol. The van der Waals surface area contributed by atoms with Gasteiger partial charge in [-0.3, -0.25) is 0 Å². The third-order valence-corrected chi connectivity index (χ3v) is 6.13. The van der Waals surface area contributed by atoms with Gasteiger partial charge in [-0.1, -0.05) is 143 Å². The smallest absolute Gasteiger partial charge is 0.0417 e. The lowest BCUT2D eigenvalue weighted by molar-refractivity contribution is 0.342. The highest BCUT2D eigenvalue weighted by molar-refractivity contribution is 4.60. The molecule has 0 aromatic heterocycles. The van der Waals surface area contributed by atoms with Crippen molar-refractivity contribution >= 4 is 0 Å². The first kappa shape index (κ1) is 24.0. The Balaban J connectivity index is 3.08. The van der Waals surface area contributed by atoms with Crippen LogP contribution in [0.25, 0.3) is 0 Å². The van der Waals surface area contributed by atoms with Crippen LogP contribution in [0.3, 0.4) is 0 Å². The molecule has 0 saturated heterocycles. The Labute approximate surface area is 155 Å². The van der Waals surface area contributed by atoms with Crippen LogP contribution in [0, 0.1) is 11.8 Å². The summed E-state index contributed by atoms with van der Waals surface area (Å²) >= 11 is 0. The maximum atomic E-state index is 2.44. The largest absolute Gasteiger partial charge is 0.0654 e. The zero-order chi connectivity index (χ0) is 17.9. The molecule has 0 aliphatic heterocycles. The summed E-state index contributed by atoms with van der Waals surface area (Å²) < 4.78 is 0. The first-order chi connectivity index (χ1) is 11.7. The van der Waals surface area contributed by atoms with Gasteiger partial charge in [-0.2, -0.15) is 0 Å². The highest BCUT2D eigenvalue weighted by Gasteiger charge is 2.08. The number of unbranched alkanes of at least 4 members (excludes halogenated alkanes) is 15. The maximum Gasteiger partial charge on any atom is -0.0417 e. The minimum absolute atomic E-state index is 0.918. The van der Waals surface area contributed by atoms with Gasteiger partial charge in [0.2, 0.25) is 0 Å². The molecular weight excluding hydrogens is 288 g/mol. The van der Waals surface area contributed by atoms with E-state index in [1.54, 1.807) is 0 Å². The summed E-state index contributed by atoms with van der Waals surface area (Å²) in [6.45, 7) is 9.49. The standard InChI is InChI=1S/C24H50/c1-5-7-8-9-10-11-12-13-14-15-16-17-18-19-20-21-22-24(4)23(3)6-2/h23-24H,5-22H2,1-4H3. The van der Waals surface area contributed by atoms with Gasteiger partial charge in [-0.25, -0.2) is 0 Å². The topological polar surface area (TPSA) is 0 Å². The summed E-state index contributed by atoms with van der Waals surface area (Å²) in [5.41, 5.74) is 0. The third-order valence-electron chi connectivity index (χ3n) is 6.13. The zero-order valence-corrected chi connectivity index (χ0v) is 17.9. The van der Waals surface area contributed by atoms with Gasteiger partial charge in [-0.15, -0.1) is 0 Å². The predicted octanol–water partition coefficient (Wildman–Crippen LogP) is 9.32. The molecule has 0 saturated carbocycles. The van der Waals surface area contributed by atoms with E-state index in [1.807, 2.05) is 0 Å². The molecule has 146 valence electrons. The molecule has 0 N–H and O–H groups in total. The second-order valence-corrected chi connectivity index (χ2v) is 8.45. The van der Waals surface area contributed by atoms with Gasteiger partial charge < -0.3 is 0 Å². The van der Waals surface area contributed by atoms with E-state index in [2.05, 4.69) is 27.7 Å². The minimum atomic E-state index is 0.918. The second kappa shape index (κ2) is 19.3. The van der Waals surface area contributed by atoms with Crippen molar-refractivity contribution in [1.29, 1.82) is 0 Å². The summed E-state index contributed by atoms with van der Waals surface area (Å²) in [6, 6.07) is 0. The Kier molecular flexibility index (Phi) is 19.3. The Morgan fingerprint density at radius 1 is 0.417 bits per heavy atom. The second-order valence-electron chi connectivity index (χ2n) is 8.45. The van der Waals surface area contributed by atoms with Crippen LogP contribution in [-0.4, -0.2) is 0 Å². The van der Waals surface area contributed by atoms with Crippen molar-refractivity contribution in [2.75, 3.05) is 0 Å². The molecule has 0 heteroatoms. The fourth-order valence-electron chi connectivity index (χ4n) is 3.70. The maximum absolute atomic E-state index is 2.44. The normalized spacial score (nSPS) is 14.0. The highest BCUT2D eigenvalue weighted by Crippen LogP contribution is 2.21. The molecule has 2 unspecified atom stereocenters. The lowest BCUT2D eigenvalue weighted by atomic mass is 9.89. The van der Waals surface area contributed by atoms with Crippen LogP contribution in [0.5, 0.6) is 0 Å².